The Morgan fingerprint density at radius 2 is 1.79 bits per heavy atom. The fraction of sp³-hybridized carbons (Fsp3) is 0.227. The van der Waals surface area contributed by atoms with E-state index in [1.54, 1.807) is 38.2 Å². The van der Waals surface area contributed by atoms with Crippen molar-refractivity contribution in [2.45, 2.75) is 18.2 Å². The van der Waals surface area contributed by atoms with E-state index >= 15 is 0 Å². The van der Waals surface area contributed by atoms with Crippen molar-refractivity contribution >= 4 is 29.1 Å². The highest BCUT2D eigenvalue weighted by Crippen LogP contribution is 2.36. The summed E-state index contributed by atoms with van der Waals surface area (Å²) in [4.78, 5) is 26.9. The zero-order valence-electron chi connectivity index (χ0n) is 16.0. The molecule has 1 aliphatic heterocycles. The number of hydrogen-bond donors (Lipinski definition) is 1. The molecule has 1 aliphatic rings. The molecule has 1 saturated heterocycles. The van der Waals surface area contributed by atoms with Crippen LogP contribution in [-0.4, -0.2) is 34.9 Å². The third kappa shape index (κ3) is 3.30. The number of allylic oxidation sites excluding steroid dienone is 1. The highest BCUT2D eigenvalue weighted by atomic mass is 32.2. The molecule has 0 saturated carbocycles. The van der Waals surface area contributed by atoms with Crippen molar-refractivity contribution < 1.29 is 9.59 Å². The van der Waals surface area contributed by atoms with Crippen molar-refractivity contribution in [2.24, 2.45) is 0 Å². The van der Waals surface area contributed by atoms with Crippen molar-refractivity contribution in [1.29, 1.82) is 5.26 Å². The molecule has 3 rings (SSSR count). The number of benzene rings is 2. The first kappa shape index (κ1) is 19.7. The molecule has 2 aromatic rings. The Morgan fingerprint density at radius 3 is 2.43 bits per heavy atom. The maximum atomic E-state index is 13.2. The van der Waals surface area contributed by atoms with E-state index in [2.05, 4.69) is 11.4 Å². The largest absolute Gasteiger partial charge is 0.318 e. The van der Waals surface area contributed by atoms with E-state index in [1.165, 1.54) is 16.7 Å². The van der Waals surface area contributed by atoms with Crippen molar-refractivity contribution in [2.75, 3.05) is 13.3 Å². The Hall–Kier alpha value is -3.04. The van der Waals surface area contributed by atoms with E-state index in [0.717, 1.165) is 5.56 Å². The number of nitrogens with one attached hydrogen (secondary N) is 1. The highest BCUT2D eigenvalue weighted by molar-refractivity contribution is 8.00. The van der Waals surface area contributed by atoms with Gasteiger partial charge in [-0.3, -0.25) is 9.59 Å². The van der Waals surface area contributed by atoms with Gasteiger partial charge >= 0.3 is 0 Å². The molecule has 0 radical (unpaired) electrons. The molecule has 1 fully saturated rings. The lowest BCUT2D eigenvalue weighted by Crippen LogP contribution is -2.64. The summed E-state index contributed by atoms with van der Waals surface area (Å²) in [5.74, 6) is -0.509. The minimum absolute atomic E-state index is 0.216. The van der Waals surface area contributed by atoms with Gasteiger partial charge in [-0.05, 0) is 35.9 Å². The molecule has 28 heavy (non-hydrogen) atoms. The van der Waals surface area contributed by atoms with Gasteiger partial charge in [-0.25, -0.2) is 0 Å². The number of nitrogens with zero attached hydrogens (tertiary/aromatic N) is 2. The van der Waals surface area contributed by atoms with Crippen LogP contribution in [-0.2, 0) is 16.0 Å². The van der Waals surface area contributed by atoms with Gasteiger partial charge in [0.15, 0.2) is 4.87 Å². The first-order valence-corrected chi connectivity index (χ1v) is 10.1. The summed E-state index contributed by atoms with van der Waals surface area (Å²) < 4.78 is 0. The molecule has 0 bridgehead atoms. The molecule has 6 heteroatoms. The number of thioether (sulfide) groups is 1. The predicted molar refractivity (Wildman–Crippen MR) is 111 cm³/mol. The van der Waals surface area contributed by atoms with Crippen LogP contribution >= 0.6 is 11.8 Å². The van der Waals surface area contributed by atoms with Gasteiger partial charge in [0, 0.05) is 13.5 Å². The quantitative estimate of drug-likeness (QED) is 0.813. The van der Waals surface area contributed by atoms with Gasteiger partial charge < -0.3 is 10.2 Å². The monoisotopic (exact) mass is 391 g/mol. The average Bonchev–Trinajstić information content (AvgIpc) is 2.74. The summed E-state index contributed by atoms with van der Waals surface area (Å²) in [6, 6.07) is 18.8. The third-order valence-corrected chi connectivity index (χ3v) is 6.38. The summed E-state index contributed by atoms with van der Waals surface area (Å²) >= 11 is 1.34. The third-order valence-electron chi connectivity index (χ3n) is 5.10. The number of nitriles is 1. The molecule has 2 aromatic carbocycles. The van der Waals surface area contributed by atoms with Crippen LogP contribution in [0.1, 0.15) is 23.6 Å². The van der Waals surface area contributed by atoms with Gasteiger partial charge in [0.2, 0.25) is 0 Å². The number of piperazine rings is 1. The lowest BCUT2D eigenvalue weighted by atomic mass is 9.96. The number of rotatable bonds is 4. The van der Waals surface area contributed by atoms with Gasteiger partial charge in [-0.1, -0.05) is 48.5 Å². The van der Waals surface area contributed by atoms with Crippen molar-refractivity contribution in [1.82, 2.24) is 10.2 Å². The second-order valence-corrected chi connectivity index (χ2v) is 7.71. The van der Waals surface area contributed by atoms with Crippen LogP contribution in [0.2, 0.25) is 0 Å². The fourth-order valence-electron chi connectivity index (χ4n) is 3.42. The summed E-state index contributed by atoms with van der Waals surface area (Å²) in [7, 11) is 1.66. The maximum Gasteiger partial charge on any atom is 0.271 e. The van der Waals surface area contributed by atoms with E-state index in [-0.39, 0.29) is 17.5 Å². The lowest BCUT2D eigenvalue weighted by molar-refractivity contribution is -0.142. The lowest BCUT2D eigenvalue weighted by Gasteiger charge is -2.43. The number of amides is 2. The molecule has 1 heterocycles. The molecule has 0 aromatic heterocycles. The van der Waals surface area contributed by atoms with Crippen LogP contribution < -0.4 is 5.32 Å². The topological polar surface area (TPSA) is 73.2 Å². The Kier molecular flexibility index (Phi) is 5.57. The molecule has 0 spiro atoms. The Morgan fingerprint density at radius 1 is 1.14 bits per heavy atom. The molecule has 1 atom stereocenters. The van der Waals surface area contributed by atoms with E-state index in [0.29, 0.717) is 23.1 Å². The van der Waals surface area contributed by atoms with Crippen LogP contribution in [0, 0.1) is 11.3 Å². The van der Waals surface area contributed by atoms with Gasteiger partial charge in [0.25, 0.3) is 11.8 Å². The zero-order chi connectivity index (χ0) is 20.3. The highest BCUT2D eigenvalue weighted by Gasteiger charge is 2.49. The minimum Gasteiger partial charge on any atom is -0.318 e. The standard InChI is InChI=1S/C22H21N3O2S/c1-15(18-12-8-7-11-17(18)14-23)19-20(26)25(2)22(28-3,21(27)24-19)13-16-9-5-4-6-10-16/h4-12H,13H2,1-3H3,(H,24,27). The minimum atomic E-state index is -1.03. The van der Waals surface area contributed by atoms with Crippen LogP contribution in [0.5, 0.6) is 0 Å². The number of likely N-dealkylation sites (N-methyl/N-ethyl adjacent to an activating group) is 1. The zero-order valence-corrected chi connectivity index (χ0v) is 16.8. The molecule has 0 aliphatic carbocycles. The first-order chi connectivity index (χ1) is 13.4. The van der Waals surface area contributed by atoms with E-state index < -0.39 is 4.87 Å². The number of carbonyl (C=O) groups is 2. The van der Waals surface area contributed by atoms with Crippen LogP contribution in [0.15, 0.2) is 60.3 Å². The normalized spacial score (nSPS) is 21.1. The fourth-order valence-corrected chi connectivity index (χ4v) is 4.32. The second-order valence-electron chi connectivity index (χ2n) is 6.63. The molecular formula is C22H21N3O2S. The van der Waals surface area contributed by atoms with Crippen LogP contribution in [0.4, 0.5) is 0 Å². The summed E-state index contributed by atoms with van der Waals surface area (Å²) in [6.07, 6.45) is 2.24. The second kappa shape index (κ2) is 7.91. The SMILES string of the molecule is CSC1(Cc2ccccc2)C(=O)NC(=C(C)c2ccccc2C#N)C(=O)N1C. The summed E-state index contributed by atoms with van der Waals surface area (Å²) in [6.45, 7) is 1.75. The van der Waals surface area contributed by atoms with Crippen molar-refractivity contribution in [3.05, 3.63) is 77.0 Å². The van der Waals surface area contributed by atoms with E-state index in [1.807, 2.05) is 36.6 Å². The first-order valence-electron chi connectivity index (χ1n) is 8.83. The van der Waals surface area contributed by atoms with Crippen molar-refractivity contribution in [3.63, 3.8) is 0 Å². The maximum absolute atomic E-state index is 13.2. The smallest absolute Gasteiger partial charge is 0.271 e. The average molecular weight is 391 g/mol. The summed E-state index contributed by atoms with van der Waals surface area (Å²) in [5, 5.41) is 12.2. The van der Waals surface area contributed by atoms with E-state index in [4.69, 9.17) is 0 Å². The van der Waals surface area contributed by atoms with E-state index in [9.17, 15) is 14.9 Å². The van der Waals surface area contributed by atoms with Gasteiger partial charge in [0.1, 0.15) is 5.70 Å². The van der Waals surface area contributed by atoms with Gasteiger partial charge in [0.05, 0.1) is 11.6 Å². The Labute approximate surface area is 169 Å². The Balaban J connectivity index is 2.03. The molecule has 1 unspecified atom stereocenters. The van der Waals surface area contributed by atoms with Gasteiger partial charge in [-0.2, -0.15) is 5.26 Å². The number of carbonyl (C=O) groups excluding carboxylic acids is 2. The van der Waals surface area contributed by atoms with Gasteiger partial charge in [-0.15, -0.1) is 11.8 Å². The van der Waals surface area contributed by atoms with Crippen LogP contribution in [0.25, 0.3) is 5.57 Å². The van der Waals surface area contributed by atoms with Crippen molar-refractivity contribution in [3.8, 4) is 6.07 Å². The predicted octanol–water partition coefficient (Wildman–Crippen LogP) is 3.18. The van der Waals surface area contributed by atoms with Crippen LogP contribution in [0.3, 0.4) is 0 Å². The Bertz CT molecular complexity index is 994. The molecule has 142 valence electrons. The molecule has 5 nitrogen and oxygen atoms in total. The molecular weight excluding hydrogens is 370 g/mol. The molecule has 1 N–H and O–H groups in total. The summed E-state index contributed by atoms with van der Waals surface area (Å²) in [5.41, 5.74) is 2.88. The number of hydrogen-bond acceptors (Lipinski definition) is 4. The molecule has 2 amide bonds.